The predicted octanol–water partition coefficient (Wildman–Crippen LogP) is 2.85. The van der Waals surface area contributed by atoms with E-state index in [0.717, 1.165) is 59.6 Å². The minimum atomic E-state index is 0.0902. The third-order valence-corrected chi connectivity index (χ3v) is 6.71. The van der Waals surface area contributed by atoms with E-state index in [-0.39, 0.29) is 5.91 Å². The molecule has 1 amide bonds. The molecule has 1 saturated carbocycles. The molecule has 1 fully saturated rings. The number of aromatic nitrogens is 4. The molecule has 9 heteroatoms. The molecule has 0 saturated heterocycles. The quantitative estimate of drug-likeness (QED) is 0.576. The van der Waals surface area contributed by atoms with Crippen LogP contribution in [0.1, 0.15) is 45.9 Å². The molecule has 2 aromatic heterocycles. The van der Waals surface area contributed by atoms with Crippen LogP contribution >= 0.6 is 0 Å². The summed E-state index contributed by atoms with van der Waals surface area (Å²) in [5, 5.41) is 0. The molecule has 0 bridgehead atoms. The maximum Gasteiger partial charge on any atom is 0.253 e. The van der Waals surface area contributed by atoms with Crippen LogP contribution < -0.4 is 14.4 Å². The number of anilines is 1. The van der Waals surface area contributed by atoms with Gasteiger partial charge in [0, 0.05) is 31.6 Å². The first-order valence-electron chi connectivity index (χ1n) is 11.6. The zero-order valence-corrected chi connectivity index (χ0v) is 19.3. The van der Waals surface area contributed by atoms with E-state index in [1.165, 1.54) is 0 Å². The van der Waals surface area contributed by atoms with Crippen LogP contribution in [0.5, 0.6) is 11.6 Å². The summed E-state index contributed by atoms with van der Waals surface area (Å²) in [6, 6.07) is 6.13. The molecule has 3 aliphatic rings. The number of ether oxygens (including phenoxy) is 2. The molecule has 1 aromatic carbocycles. The Labute approximate surface area is 197 Å². The number of rotatable bonds is 5. The Morgan fingerprint density at radius 3 is 2.88 bits per heavy atom. The van der Waals surface area contributed by atoms with Crippen LogP contribution in [-0.4, -0.2) is 64.6 Å². The molecule has 9 nitrogen and oxygen atoms in total. The van der Waals surface area contributed by atoms with Gasteiger partial charge in [-0.2, -0.15) is 0 Å². The molecule has 174 valence electrons. The van der Waals surface area contributed by atoms with Crippen LogP contribution in [0.15, 0.2) is 30.7 Å². The standard InChI is InChI=1S/C25H26N6O3/c1-30-8-7-17-11-15(3-6-18(17)25(30)32)13-31-9-10-34-19-12-26-22(29-23(19)31)20-21(16-4-5-16)27-14-28-24(20)33-2/h3,6,11-12,14,16H,4-5,7-10,13H2,1-2H3. The van der Waals surface area contributed by atoms with Gasteiger partial charge in [0.25, 0.3) is 5.91 Å². The van der Waals surface area contributed by atoms with Gasteiger partial charge in [-0.05, 0) is 36.5 Å². The van der Waals surface area contributed by atoms with Crippen molar-refractivity contribution in [2.24, 2.45) is 0 Å². The Bertz CT molecular complexity index is 1280. The number of fused-ring (bicyclic) bond motifs is 2. The van der Waals surface area contributed by atoms with Gasteiger partial charge in [0.05, 0.1) is 25.5 Å². The monoisotopic (exact) mass is 458 g/mol. The van der Waals surface area contributed by atoms with Gasteiger partial charge in [-0.3, -0.25) is 4.79 Å². The molecule has 0 spiro atoms. The zero-order valence-electron chi connectivity index (χ0n) is 19.3. The number of hydrogen-bond donors (Lipinski definition) is 0. The van der Waals surface area contributed by atoms with Gasteiger partial charge in [-0.1, -0.05) is 12.1 Å². The zero-order chi connectivity index (χ0) is 23.2. The first-order chi connectivity index (χ1) is 16.6. The molecule has 1 aliphatic carbocycles. The molecule has 4 heterocycles. The van der Waals surface area contributed by atoms with E-state index in [0.29, 0.717) is 43.1 Å². The third kappa shape index (κ3) is 3.61. The number of carbonyl (C=O) groups excluding carboxylic acids is 1. The molecule has 34 heavy (non-hydrogen) atoms. The Morgan fingerprint density at radius 1 is 1.18 bits per heavy atom. The predicted molar refractivity (Wildman–Crippen MR) is 125 cm³/mol. The van der Waals surface area contributed by atoms with Crippen molar-refractivity contribution in [3.05, 3.63) is 53.1 Å². The van der Waals surface area contributed by atoms with Gasteiger partial charge in [0.15, 0.2) is 17.4 Å². The third-order valence-electron chi connectivity index (χ3n) is 6.71. The highest BCUT2D eigenvalue weighted by Crippen LogP contribution is 2.45. The summed E-state index contributed by atoms with van der Waals surface area (Å²) in [7, 11) is 3.46. The number of likely N-dealkylation sites (N-methyl/N-ethyl adjacent to an activating group) is 1. The highest BCUT2D eigenvalue weighted by Gasteiger charge is 2.32. The van der Waals surface area contributed by atoms with Gasteiger partial charge in [-0.15, -0.1) is 0 Å². The van der Waals surface area contributed by atoms with E-state index in [4.69, 9.17) is 14.5 Å². The van der Waals surface area contributed by atoms with E-state index >= 15 is 0 Å². The van der Waals surface area contributed by atoms with Crippen LogP contribution in [0.4, 0.5) is 5.82 Å². The number of nitrogens with zero attached hydrogens (tertiary/aromatic N) is 6. The highest BCUT2D eigenvalue weighted by molar-refractivity contribution is 5.96. The fraction of sp³-hybridized carbons (Fsp3) is 0.400. The minimum Gasteiger partial charge on any atom is -0.486 e. The Balaban J connectivity index is 1.35. The highest BCUT2D eigenvalue weighted by atomic mass is 16.5. The molecular weight excluding hydrogens is 432 g/mol. The summed E-state index contributed by atoms with van der Waals surface area (Å²) in [5.74, 6) is 2.94. The molecule has 0 radical (unpaired) electrons. The first-order valence-corrected chi connectivity index (χ1v) is 11.6. The van der Waals surface area contributed by atoms with Gasteiger partial charge >= 0.3 is 0 Å². The van der Waals surface area contributed by atoms with Crippen molar-refractivity contribution in [3.63, 3.8) is 0 Å². The average Bonchev–Trinajstić information content (AvgIpc) is 3.71. The molecule has 2 aliphatic heterocycles. The van der Waals surface area contributed by atoms with E-state index in [1.54, 1.807) is 24.5 Å². The van der Waals surface area contributed by atoms with Crippen LogP contribution in [0.2, 0.25) is 0 Å². The lowest BCUT2D eigenvalue weighted by atomic mass is 9.96. The Hall–Kier alpha value is -3.75. The van der Waals surface area contributed by atoms with Crippen molar-refractivity contribution in [1.29, 1.82) is 0 Å². The smallest absolute Gasteiger partial charge is 0.253 e. The maximum atomic E-state index is 12.4. The fourth-order valence-corrected chi connectivity index (χ4v) is 4.73. The molecule has 0 unspecified atom stereocenters. The summed E-state index contributed by atoms with van der Waals surface area (Å²) >= 11 is 0. The van der Waals surface area contributed by atoms with E-state index < -0.39 is 0 Å². The molecular formula is C25H26N6O3. The number of amides is 1. The molecule has 6 rings (SSSR count). The Kier molecular flexibility index (Phi) is 5.04. The van der Waals surface area contributed by atoms with Crippen LogP contribution in [0.3, 0.4) is 0 Å². The van der Waals surface area contributed by atoms with Gasteiger partial charge in [-0.25, -0.2) is 19.9 Å². The number of methoxy groups -OCH3 is 1. The lowest BCUT2D eigenvalue weighted by molar-refractivity contribution is 0.0781. The topological polar surface area (TPSA) is 93.6 Å². The summed E-state index contributed by atoms with van der Waals surface area (Å²) in [5.41, 5.74) is 4.76. The van der Waals surface area contributed by atoms with Crippen molar-refractivity contribution in [1.82, 2.24) is 24.8 Å². The minimum absolute atomic E-state index is 0.0902. The van der Waals surface area contributed by atoms with Crippen LogP contribution in [0.25, 0.3) is 11.4 Å². The number of hydrogen-bond acceptors (Lipinski definition) is 8. The lowest BCUT2D eigenvalue weighted by Gasteiger charge is -2.31. The van der Waals surface area contributed by atoms with E-state index in [1.807, 2.05) is 19.2 Å². The summed E-state index contributed by atoms with van der Waals surface area (Å²) < 4.78 is 11.4. The normalized spacial score (nSPS) is 17.2. The van der Waals surface area contributed by atoms with Gasteiger partial charge < -0.3 is 19.3 Å². The van der Waals surface area contributed by atoms with Crippen molar-refractivity contribution in [2.75, 3.05) is 38.8 Å². The van der Waals surface area contributed by atoms with Crippen LogP contribution in [0, 0.1) is 0 Å². The van der Waals surface area contributed by atoms with Crippen molar-refractivity contribution >= 4 is 11.7 Å². The molecule has 0 N–H and O–H groups in total. The summed E-state index contributed by atoms with van der Waals surface area (Å²) in [6.07, 6.45) is 6.35. The fourth-order valence-electron chi connectivity index (χ4n) is 4.73. The number of benzene rings is 1. The average molecular weight is 459 g/mol. The SMILES string of the molecule is COc1ncnc(C2CC2)c1-c1ncc2c(n1)N(Cc1ccc3c(c1)CCN(C)C3=O)CCO2. The molecule has 0 atom stereocenters. The van der Waals surface area contributed by atoms with Crippen LogP contribution in [-0.2, 0) is 13.0 Å². The molecule has 3 aromatic rings. The first kappa shape index (κ1) is 20.8. The van der Waals surface area contributed by atoms with Crippen molar-refractivity contribution < 1.29 is 14.3 Å². The van der Waals surface area contributed by atoms with E-state index in [2.05, 4.69) is 25.9 Å². The number of carbonyl (C=O) groups is 1. The maximum absolute atomic E-state index is 12.4. The summed E-state index contributed by atoms with van der Waals surface area (Å²) in [4.78, 5) is 34.8. The van der Waals surface area contributed by atoms with Gasteiger partial charge in [0.1, 0.15) is 18.5 Å². The lowest BCUT2D eigenvalue weighted by Crippen LogP contribution is -2.35. The van der Waals surface area contributed by atoms with E-state index in [9.17, 15) is 4.79 Å². The second kappa shape index (κ2) is 8.23. The van der Waals surface area contributed by atoms with Crippen molar-refractivity contribution in [3.8, 4) is 23.0 Å². The summed E-state index contributed by atoms with van der Waals surface area (Å²) in [6.45, 7) is 2.69. The largest absolute Gasteiger partial charge is 0.486 e. The van der Waals surface area contributed by atoms with Gasteiger partial charge in [0.2, 0.25) is 5.88 Å². The second-order valence-electron chi connectivity index (χ2n) is 9.04. The Morgan fingerprint density at radius 2 is 2.06 bits per heavy atom. The van der Waals surface area contributed by atoms with Crippen molar-refractivity contribution in [2.45, 2.75) is 31.7 Å². The second-order valence-corrected chi connectivity index (χ2v) is 9.04.